The summed E-state index contributed by atoms with van der Waals surface area (Å²) in [5.74, 6) is 0.952. The van der Waals surface area contributed by atoms with Crippen LogP contribution < -0.4 is 20.7 Å². The fourth-order valence-electron chi connectivity index (χ4n) is 2.58. The summed E-state index contributed by atoms with van der Waals surface area (Å²) in [7, 11) is 1.44. The average Bonchev–Trinajstić information content (AvgIpc) is 2.73. The first kappa shape index (κ1) is 29.1. The van der Waals surface area contributed by atoms with E-state index in [4.69, 9.17) is 14.2 Å². The smallest absolute Gasteiger partial charge is 0.413 e. The fraction of sp³-hybridized carbons (Fsp3) is 0.652. The second-order valence-electron chi connectivity index (χ2n) is 9.31. The number of hydrogen-bond donors (Lipinski definition) is 4. The van der Waals surface area contributed by atoms with Gasteiger partial charge in [-0.2, -0.15) is 0 Å². The average molecular weight is 482 g/mol. The van der Waals surface area contributed by atoms with Crippen LogP contribution in [0.2, 0.25) is 0 Å². The maximum Gasteiger partial charge on any atom is 0.413 e. The first-order chi connectivity index (χ1) is 15.7. The molecule has 4 N–H and O–H groups in total. The summed E-state index contributed by atoms with van der Waals surface area (Å²) in [6.07, 6.45) is 2.41. The Hall–Kier alpha value is -2.92. The van der Waals surface area contributed by atoms with Crippen molar-refractivity contribution < 1.29 is 28.9 Å². The Labute approximate surface area is 201 Å². The molecule has 0 aromatic carbocycles. The Balaban J connectivity index is 2.62. The topological polar surface area (TPSA) is 144 Å². The number of ether oxygens (including phenoxy) is 3. The van der Waals surface area contributed by atoms with E-state index in [2.05, 4.69) is 32.5 Å². The van der Waals surface area contributed by atoms with E-state index in [0.717, 1.165) is 0 Å². The zero-order valence-electron chi connectivity index (χ0n) is 21.2. The van der Waals surface area contributed by atoms with Crippen LogP contribution >= 0.6 is 0 Å². The Morgan fingerprint density at radius 1 is 1.18 bits per heavy atom. The van der Waals surface area contributed by atoms with Crippen LogP contribution in [0.4, 0.5) is 4.79 Å². The van der Waals surface area contributed by atoms with Gasteiger partial charge in [0.1, 0.15) is 35.6 Å². The summed E-state index contributed by atoms with van der Waals surface area (Å²) in [6.45, 7) is 14.5. The van der Waals surface area contributed by atoms with Crippen LogP contribution in [0, 0.1) is 6.92 Å². The maximum absolute atomic E-state index is 12.6. The molecule has 1 rings (SSSR count). The highest BCUT2D eigenvalue weighted by Gasteiger charge is 2.31. The van der Waals surface area contributed by atoms with Crippen LogP contribution in [0.25, 0.3) is 0 Å². The van der Waals surface area contributed by atoms with Gasteiger partial charge >= 0.3 is 6.09 Å². The number of methoxy groups -OCH3 is 1. The highest BCUT2D eigenvalue weighted by molar-refractivity contribution is 5.84. The van der Waals surface area contributed by atoms with Gasteiger partial charge in [-0.05, 0) is 54.4 Å². The number of nitrogens with one attached hydrogen (secondary N) is 3. The number of nitrogens with zero attached hydrogens (tertiary/aromatic N) is 2. The van der Waals surface area contributed by atoms with Crippen molar-refractivity contribution in [1.82, 2.24) is 25.9 Å². The van der Waals surface area contributed by atoms with Gasteiger partial charge in [0.2, 0.25) is 0 Å². The third-order valence-corrected chi connectivity index (χ3v) is 4.70. The summed E-state index contributed by atoms with van der Waals surface area (Å²) in [5.41, 5.74) is -1.68. The van der Waals surface area contributed by atoms with Gasteiger partial charge in [0, 0.05) is 13.7 Å². The third-order valence-electron chi connectivity index (χ3n) is 4.70. The van der Waals surface area contributed by atoms with Gasteiger partial charge in [-0.15, -0.1) is 0 Å². The lowest BCUT2D eigenvalue weighted by molar-refractivity contribution is -0.141. The quantitative estimate of drug-likeness (QED) is 0.310. The van der Waals surface area contributed by atoms with E-state index in [9.17, 15) is 14.7 Å². The minimum absolute atomic E-state index is 0.0644. The van der Waals surface area contributed by atoms with E-state index in [0.29, 0.717) is 36.8 Å². The predicted molar refractivity (Wildman–Crippen MR) is 127 cm³/mol. The summed E-state index contributed by atoms with van der Waals surface area (Å²) in [6, 6.07) is -0.609. The minimum atomic E-state index is -1.06. The van der Waals surface area contributed by atoms with Crippen LogP contribution in [-0.2, 0) is 14.3 Å². The summed E-state index contributed by atoms with van der Waals surface area (Å²) < 4.78 is 16.0. The third kappa shape index (κ3) is 11.3. The van der Waals surface area contributed by atoms with Crippen LogP contribution in [0.3, 0.4) is 0 Å². The van der Waals surface area contributed by atoms with Crippen molar-refractivity contribution in [3.63, 3.8) is 0 Å². The number of amides is 2. The van der Waals surface area contributed by atoms with E-state index in [-0.39, 0.29) is 12.5 Å². The van der Waals surface area contributed by atoms with Gasteiger partial charge in [-0.3, -0.25) is 10.1 Å². The molecule has 2 amide bonds. The molecule has 0 aliphatic heterocycles. The van der Waals surface area contributed by atoms with Gasteiger partial charge < -0.3 is 30.0 Å². The maximum atomic E-state index is 12.6. The Bertz CT molecular complexity index is 807. The lowest BCUT2D eigenvalue weighted by atomic mass is 10.0. The first-order valence-electron chi connectivity index (χ1n) is 11.1. The van der Waals surface area contributed by atoms with E-state index >= 15 is 0 Å². The molecule has 1 aromatic heterocycles. The number of rotatable bonds is 13. The number of carbonyl (C=O) groups excluding carboxylic acids is 2. The van der Waals surface area contributed by atoms with Crippen molar-refractivity contribution in [2.45, 2.75) is 77.7 Å². The largest absolute Gasteiger partial charge is 0.488 e. The molecule has 0 aliphatic rings. The van der Waals surface area contributed by atoms with Gasteiger partial charge in [0.15, 0.2) is 5.75 Å². The zero-order valence-corrected chi connectivity index (χ0v) is 21.2. The van der Waals surface area contributed by atoms with E-state index < -0.39 is 29.4 Å². The zero-order chi connectivity index (χ0) is 25.9. The molecule has 11 nitrogen and oxygen atoms in total. The van der Waals surface area contributed by atoms with E-state index in [1.807, 2.05) is 0 Å². The van der Waals surface area contributed by atoms with Crippen LogP contribution in [-0.4, -0.2) is 70.7 Å². The van der Waals surface area contributed by atoms with Crippen LogP contribution in [0.15, 0.2) is 24.8 Å². The van der Waals surface area contributed by atoms with E-state index in [1.54, 1.807) is 41.5 Å². The molecule has 1 unspecified atom stereocenters. The molecule has 1 heterocycles. The number of aromatic nitrogens is 2. The number of aliphatic hydroxyl groups is 1. The van der Waals surface area contributed by atoms with Crippen molar-refractivity contribution in [3.05, 3.63) is 30.6 Å². The summed E-state index contributed by atoms with van der Waals surface area (Å²) >= 11 is 0. The molecule has 0 bridgehead atoms. The van der Waals surface area contributed by atoms with Gasteiger partial charge in [0.05, 0.1) is 18.4 Å². The second kappa shape index (κ2) is 13.1. The molecule has 1 aromatic rings. The van der Waals surface area contributed by atoms with Crippen molar-refractivity contribution in [2.24, 2.45) is 0 Å². The summed E-state index contributed by atoms with van der Waals surface area (Å²) in [5, 5.41) is 19.0. The Morgan fingerprint density at radius 2 is 1.79 bits per heavy atom. The Kier molecular flexibility index (Phi) is 11.2. The van der Waals surface area contributed by atoms with Crippen molar-refractivity contribution in [3.8, 4) is 5.75 Å². The summed E-state index contributed by atoms with van der Waals surface area (Å²) in [4.78, 5) is 32.5. The molecule has 0 aliphatic carbocycles. The minimum Gasteiger partial charge on any atom is -0.488 e. The predicted octanol–water partition coefficient (Wildman–Crippen LogP) is 1.80. The lowest BCUT2D eigenvalue weighted by Gasteiger charge is -2.29. The van der Waals surface area contributed by atoms with Crippen molar-refractivity contribution in [2.75, 3.05) is 20.3 Å². The highest BCUT2D eigenvalue weighted by atomic mass is 16.6. The number of aryl methyl sites for hydroxylation is 1. The number of aliphatic hydroxyl groups excluding tert-OH is 1. The molecule has 11 heteroatoms. The van der Waals surface area contributed by atoms with Gasteiger partial charge in [-0.1, -0.05) is 6.58 Å². The van der Waals surface area contributed by atoms with Crippen molar-refractivity contribution >= 4 is 12.0 Å². The fourth-order valence-corrected chi connectivity index (χ4v) is 2.58. The number of alkyl carbamates (subject to hydrolysis) is 1. The number of carbonyl (C=O) groups is 2. The standard InChI is InChI=1S/C23H39N5O6/c1-15-25-12-17(13-26-15)33-14-19(29)18(28-20(30)23(6,7)32-8)10-9-11-24-16(2)27-21(31)34-22(3,4)5/h12-13,18-19,24,29H,2,9-11,14H2,1,3-8H3,(H,27,31)(H,28,30)/t18-,19?/m0/s1. The molecule has 0 saturated carbocycles. The molecular weight excluding hydrogens is 442 g/mol. The van der Waals surface area contributed by atoms with Gasteiger partial charge in [0.25, 0.3) is 5.91 Å². The van der Waals surface area contributed by atoms with Crippen LogP contribution in [0.5, 0.6) is 5.75 Å². The molecular formula is C23H39N5O6. The highest BCUT2D eigenvalue weighted by Crippen LogP contribution is 2.13. The van der Waals surface area contributed by atoms with Gasteiger partial charge in [-0.25, -0.2) is 14.8 Å². The molecule has 0 spiro atoms. The molecule has 192 valence electrons. The molecule has 0 fully saturated rings. The Morgan fingerprint density at radius 3 is 2.35 bits per heavy atom. The lowest BCUT2D eigenvalue weighted by Crippen LogP contribution is -2.53. The normalized spacial score (nSPS) is 13.4. The molecule has 34 heavy (non-hydrogen) atoms. The molecule has 0 radical (unpaired) electrons. The monoisotopic (exact) mass is 481 g/mol. The number of hydrogen-bond acceptors (Lipinski definition) is 9. The van der Waals surface area contributed by atoms with Crippen LogP contribution in [0.1, 0.15) is 53.3 Å². The molecule has 0 saturated heterocycles. The second-order valence-corrected chi connectivity index (χ2v) is 9.31. The SMILES string of the molecule is C=C(NCCC[C@H](NC(=O)C(C)(C)OC)C(O)COc1cnc(C)nc1)NC(=O)OC(C)(C)C. The van der Waals surface area contributed by atoms with Crippen molar-refractivity contribution in [1.29, 1.82) is 0 Å². The van der Waals surface area contributed by atoms with E-state index in [1.165, 1.54) is 19.5 Å². The molecule has 2 atom stereocenters. The first-order valence-corrected chi connectivity index (χ1v) is 11.1.